The van der Waals surface area contributed by atoms with Crippen LogP contribution in [-0.2, 0) is 0 Å². The van der Waals surface area contributed by atoms with E-state index in [1.165, 1.54) is 30.1 Å². The standard InChI is InChI=1S/C11H9BrFNO/c1-3-6-14(2)11(15)9-7-8(12)4-5-10(9)13/h1,4-5,7H,6H2,2H3. The molecule has 0 heterocycles. The van der Waals surface area contributed by atoms with Gasteiger partial charge in [0.1, 0.15) is 5.82 Å². The molecule has 0 atom stereocenters. The highest BCUT2D eigenvalue weighted by Crippen LogP contribution is 2.16. The highest BCUT2D eigenvalue weighted by Gasteiger charge is 2.15. The van der Waals surface area contributed by atoms with Crippen LogP contribution in [0, 0.1) is 18.2 Å². The second kappa shape index (κ2) is 4.94. The summed E-state index contributed by atoms with van der Waals surface area (Å²) in [4.78, 5) is 13.0. The molecule has 0 aliphatic rings. The molecule has 0 saturated carbocycles. The molecule has 0 saturated heterocycles. The van der Waals surface area contributed by atoms with Gasteiger partial charge in [-0.05, 0) is 18.2 Å². The van der Waals surface area contributed by atoms with Crippen molar-refractivity contribution in [3.63, 3.8) is 0 Å². The number of hydrogen-bond acceptors (Lipinski definition) is 1. The summed E-state index contributed by atoms with van der Waals surface area (Å²) < 4.78 is 14.0. The fraction of sp³-hybridized carbons (Fsp3) is 0.182. The molecule has 0 bridgehead atoms. The van der Waals surface area contributed by atoms with Gasteiger partial charge in [0.25, 0.3) is 5.91 Å². The molecule has 4 heteroatoms. The lowest BCUT2D eigenvalue weighted by atomic mass is 10.2. The molecule has 0 aliphatic carbocycles. The molecule has 0 spiro atoms. The van der Waals surface area contributed by atoms with Gasteiger partial charge in [0.15, 0.2) is 0 Å². The Morgan fingerprint density at radius 3 is 2.93 bits per heavy atom. The SMILES string of the molecule is C#CCN(C)C(=O)c1cc(Br)ccc1F. The fourth-order valence-electron chi connectivity index (χ4n) is 1.08. The van der Waals surface area contributed by atoms with E-state index in [1.54, 1.807) is 0 Å². The fourth-order valence-corrected chi connectivity index (χ4v) is 1.44. The highest BCUT2D eigenvalue weighted by molar-refractivity contribution is 9.10. The number of hydrogen-bond donors (Lipinski definition) is 0. The number of terminal acetylenes is 1. The Morgan fingerprint density at radius 1 is 1.67 bits per heavy atom. The van der Waals surface area contributed by atoms with Crippen LogP contribution in [0.25, 0.3) is 0 Å². The van der Waals surface area contributed by atoms with Crippen molar-refractivity contribution in [2.75, 3.05) is 13.6 Å². The van der Waals surface area contributed by atoms with Crippen LogP contribution in [0.2, 0.25) is 0 Å². The minimum atomic E-state index is -0.549. The van der Waals surface area contributed by atoms with Gasteiger partial charge in [-0.2, -0.15) is 0 Å². The van der Waals surface area contributed by atoms with Crippen molar-refractivity contribution in [1.29, 1.82) is 0 Å². The number of carbonyl (C=O) groups is 1. The molecule has 15 heavy (non-hydrogen) atoms. The van der Waals surface area contributed by atoms with E-state index < -0.39 is 11.7 Å². The molecule has 1 aromatic rings. The minimum absolute atomic E-state index is 0.0159. The zero-order chi connectivity index (χ0) is 11.4. The first kappa shape index (κ1) is 11.7. The van der Waals surface area contributed by atoms with Gasteiger partial charge in [0, 0.05) is 11.5 Å². The quantitative estimate of drug-likeness (QED) is 0.755. The third kappa shape index (κ3) is 2.80. The van der Waals surface area contributed by atoms with Gasteiger partial charge in [0.05, 0.1) is 12.1 Å². The van der Waals surface area contributed by atoms with Crippen LogP contribution in [0.5, 0.6) is 0 Å². The molecule has 1 rings (SSSR count). The number of rotatable bonds is 2. The Morgan fingerprint density at radius 2 is 2.33 bits per heavy atom. The van der Waals surface area contributed by atoms with Gasteiger partial charge in [-0.25, -0.2) is 4.39 Å². The molecule has 0 aromatic heterocycles. The normalized spacial score (nSPS) is 9.47. The van der Waals surface area contributed by atoms with Crippen molar-refractivity contribution in [3.8, 4) is 12.3 Å². The van der Waals surface area contributed by atoms with E-state index in [1.807, 2.05) is 0 Å². The summed E-state index contributed by atoms with van der Waals surface area (Å²) in [5.41, 5.74) is 0.0159. The Hall–Kier alpha value is -1.34. The molecular formula is C11H9BrFNO. The second-order valence-corrected chi connectivity index (χ2v) is 3.91. The summed E-state index contributed by atoms with van der Waals surface area (Å²) in [6.07, 6.45) is 5.07. The number of halogens is 2. The lowest BCUT2D eigenvalue weighted by Gasteiger charge is -2.14. The van der Waals surface area contributed by atoms with Gasteiger partial charge >= 0.3 is 0 Å². The van der Waals surface area contributed by atoms with E-state index in [0.717, 1.165) is 0 Å². The minimum Gasteiger partial charge on any atom is -0.330 e. The topological polar surface area (TPSA) is 20.3 Å². The molecule has 78 valence electrons. The van der Waals surface area contributed by atoms with Crippen molar-refractivity contribution < 1.29 is 9.18 Å². The zero-order valence-corrected chi connectivity index (χ0v) is 9.71. The smallest absolute Gasteiger partial charge is 0.257 e. The summed E-state index contributed by atoms with van der Waals surface area (Å²) >= 11 is 3.17. The number of nitrogens with zero attached hydrogens (tertiary/aromatic N) is 1. The summed E-state index contributed by atoms with van der Waals surface area (Å²) in [6.45, 7) is 0.158. The van der Waals surface area contributed by atoms with Crippen LogP contribution in [-0.4, -0.2) is 24.4 Å². The molecule has 1 amide bonds. The Labute approximate surface area is 96.2 Å². The Balaban J connectivity index is 3.01. The maximum atomic E-state index is 13.3. The van der Waals surface area contributed by atoms with Crippen LogP contribution >= 0.6 is 15.9 Å². The van der Waals surface area contributed by atoms with Gasteiger partial charge in [-0.3, -0.25) is 4.79 Å². The van der Waals surface area contributed by atoms with E-state index in [9.17, 15) is 9.18 Å². The Kier molecular flexibility index (Phi) is 3.87. The van der Waals surface area contributed by atoms with Crippen LogP contribution in [0.4, 0.5) is 4.39 Å². The van der Waals surface area contributed by atoms with Crippen LogP contribution in [0.15, 0.2) is 22.7 Å². The molecule has 1 aromatic carbocycles. The number of benzene rings is 1. The van der Waals surface area contributed by atoms with Crippen molar-refractivity contribution in [3.05, 3.63) is 34.1 Å². The third-order valence-electron chi connectivity index (χ3n) is 1.83. The van der Waals surface area contributed by atoms with Crippen molar-refractivity contribution >= 4 is 21.8 Å². The zero-order valence-electron chi connectivity index (χ0n) is 8.13. The van der Waals surface area contributed by atoms with E-state index in [2.05, 4.69) is 21.9 Å². The Bertz CT molecular complexity index is 425. The lowest BCUT2D eigenvalue weighted by molar-refractivity contribution is 0.0808. The van der Waals surface area contributed by atoms with Gasteiger partial charge in [-0.1, -0.05) is 21.9 Å². The molecular weight excluding hydrogens is 261 g/mol. The molecule has 0 fully saturated rings. The monoisotopic (exact) mass is 269 g/mol. The first-order valence-corrected chi connectivity index (χ1v) is 4.99. The maximum Gasteiger partial charge on any atom is 0.257 e. The molecule has 0 aliphatic heterocycles. The van der Waals surface area contributed by atoms with Gasteiger partial charge < -0.3 is 4.90 Å². The largest absolute Gasteiger partial charge is 0.330 e. The molecule has 0 N–H and O–H groups in total. The van der Waals surface area contributed by atoms with E-state index in [-0.39, 0.29) is 12.1 Å². The van der Waals surface area contributed by atoms with Crippen LogP contribution in [0.3, 0.4) is 0 Å². The average Bonchev–Trinajstić information content (AvgIpc) is 2.21. The molecule has 2 nitrogen and oxygen atoms in total. The average molecular weight is 270 g/mol. The number of amides is 1. The van der Waals surface area contributed by atoms with Crippen molar-refractivity contribution in [1.82, 2.24) is 4.90 Å². The van der Waals surface area contributed by atoms with Crippen LogP contribution < -0.4 is 0 Å². The maximum absolute atomic E-state index is 13.3. The number of carbonyl (C=O) groups excluding carboxylic acids is 1. The summed E-state index contributed by atoms with van der Waals surface area (Å²) in [7, 11) is 1.53. The highest BCUT2D eigenvalue weighted by atomic mass is 79.9. The third-order valence-corrected chi connectivity index (χ3v) is 2.33. The van der Waals surface area contributed by atoms with E-state index >= 15 is 0 Å². The summed E-state index contributed by atoms with van der Waals surface area (Å²) in [6, 6.07) is 4.21. The van der Waals surface area contributed by atoms with E-state index in [4.69, 9.17) is 6.42 Å². The van der Waals surface area contributed by atoms with Crippen molar-refractivity contribution in [2.45, 2.75) is 0 Å². The summed E-state index contributed by atoms with van der Waals surface area (Å²) in [5.74, 6) is 1.35. The summed E-state index contributed by atoms with van der Waals surface area (Å²) in [5, 5.41) is 0. The predicted molar refractivity (Wildman–Crippen MR) is 59.9 cm³/mol. The lowest BCUT2D eigenvalue weighted by Crippen LogP contribution is -2.27. The first-order chi connectivity index (χ1) is 7.06. The van der Waals surface area contributed by atoms with Crippen LogP contribution in [0.1, 0.15) is 10.4 Å². The van der Waals surface area contributed by atoms with Gasteiger partial charge in [0.2, 0.25) is 0 Å². The second-order valence-electron chi connectivity index (χ2n) is 2.99. The molecule has 0 radical (unpaired) electrons. The first-order valence-electron chi connectivity index (χ1n) is 4.20. The van der Waals surface area contributed by atoms with E-state index in [0.29, 0.717) is 4.47 Å². The van der Waals surface area contributed by atoms with Gasteiger partial charge in [-0.15, -0.1) is 6.42 Å². The molecule has 0 unspecified atom stereocenters. The van der Waals surface area contributed by atoms with Crippen molar-refractivity contribution in [2.24, 2.45) is 0 Å². The predicted octanol–water partition coefficient (Wildman–Crippen LogP) is 2.29.